The summed E-state index contributed by atoms with van der Waals surface area (Å²) < 4.78 is 28.0. The number of piperidine rings is 1. The Kier molecular flexibility index (Phi) is 4.98. The summed E-state index contributed by atoms with van der Waals surface area (Å²) in [6, 6.07) is 7.18. The lowest BCUT2D eigenvalue weighted by molar-refractivity contribution is -0.146. The standard InChI is InChI=1S/C23H32N2O3S/c26-22(23-13-17-10-18(14-23)12-19(11-17)15-23)24-16-20-6-2-3-7-21(20)29(27,28)25-8-4-1-5-9-25/h2-3,6-7,17-19H,1,4-5,8-16H2,(H,24,26). The van der Waals surface area contributed by atoms with Crippen LogP contribution in [-0.2, 0) is 21.4 Å². The molecule has 0 radical (unpaired) electrons. The van der Waals surface area contributed by atoms with E-state index in [4.69, 9.17) is 0 Å². The van der Waals surface area contributed by atoms with E-state index < -0.39 is 10.0 Å². The molecule has 4 saturated carbocycles. The fourth-order valence-electron chi connectivity index (χ4n) is 6.90. The molecule has 1 heterocycles. The van der Waals surface area contributed by atoms with Crippen LogP contribution in [0.3, 0.4) is 0 Å². The molecule has 0 spiro atoms. The van der Waals surface area contributed by atoms with Crippen molar-refractivity contribution in [3.63, 3.8) is 0 Å². The van der Waals surface area contributed by atoms with Crippen molar-refractivity contribution in [2.45, 2.75) is 69.2 Å². The molecule has 1 aromatic carbocycles. The van der Waals surface area contributed by atoms with Gasteiger partial charge in [-0.1, -0.05) is 24.6 Å². The van der Waals surface area contributed by atoms with Gasteiger partial charge in [0.1, 0.15) is 0 Å². The smallest absolute Gasteiger partial charge is 0.243 e. The van der Waals surface area contributed by atoms with E-state index >= 15 is 0 Å². The van der Waals surface area contributed by atoms with E-state index in [2.05, 4.69) is 5.32 Å². The molecule has 5 aliphatic rings. The first-order chi connectivity index (χ1) is 14.0. The zero-order valence-electron chi connectivity index (χ0n) is 17.1. The van der Waals surface area contributed by atoms with Gasteiger partial charge in [-0.15, -0.1) is 0 Å². The third-order valence-electron chi connectivity index (χ3n) is 7.86. The number of carbonyl (C=O) groups excluding carboxylic acids is 1. The van der Waals surface area contributed by atoms with Crippen molar-refractivity contribution < 1.29 is 13.2 Å². The van der Waals surface area contributed by atoms with E-state index in [-0.39, 0.29) is 11.3 Å². The molecule has 0 unspecified atom stereocenters. The Morgan fingerprint density at radius 2 is 1.55 bits per heavy atom. The first-order valence-corrected chi connectivity index (χ1v) is 12.8. The molecule has 4 bridgehead atoms. The summed E-state index contributed by atoms with van der Waals surface area (Å²) in [7, 11) is -3.50. The average molecular weight is 417 g/mol. The maximum atomic E-state index is 13.3. The second kappa shape index (κ2) is 7.38. The minimum atomic E-state index is -3.50. The van der Waals surface area contributed by atoms with Gasteiger partial charge in [0.2, 0.25) is 15.9 Å². The van der Waals surface area contributed by atoms with Crippen LogP contribution >= 0.6 is 0 Å². The minimum Gasteiger partial charge on any atom is -0.351 e. The lowest BCUT2D eigenvalue weighted by Crippen LogP contribution is -2.53. The molecule has 158 valence electrons. The first kappa shape index (κ1) is 19.6. The molecule has 1 N–H and O–H groups in total. The molecule has 6 rings (SSSR count). The fourth-order valence-corrected chi connectivity index (χ4v) is 8.64. The Hall–Kier alpha value is -1.40. The van der Waals surface area contributed by atoms with Gasteiger partial charge in [-0.2, -0.15) is 4.31 Å². The summed E-state index contributed by atoms with van der Waals surface area (Å²) in [6.07, 6.45) is 9.94. The van der Waals surface area contributed by atoms with Gasteiger partial charge in [0.15, 0.2) is 0 Å². The van der Waals surface area contributed by atoms with Gasteiger partial charge in [0, 0.05) is 25.0 Å². The van der Waals surface area contributed by atoms with E-state index in [0.29, 0.717) is 30.1 Å². The molecule has 29 heavy (non-hydrogen) atoms. The van der Waals surface area contributed by atoms with Gasteiger partial charge in [0.05, 0.1) is 4.90 Å². The number of amides is 1. The number of carbonyl (C=O) groups is 1. The molecule has 1 amide bonds. The number of sulfonamides is 1. The summed E-state index contributed by atoms with van der Waals surface area (Å²) in [5, 5.41) is 3.15. The zero-order valence-corrected chi connectivity index (χ0v) is 17.9. The summed E-state index contributed by atoms with van der Waals surface area (Å²) in [5.41, 5.74) is 0.506. The summed E-state index contributed by atoms with van der Waals surface area (Å²) in [5.74, 6) is 2.32. The van der Waals surface area contributed by atoms with Crippen LogP contribution in [0.25, 0.3) is 0 Å². The topological polar surface area (TPSA) is 66.5 Å². The highest BCUT2D eigenvalue weighted by Crippen LogP contribution is 2.60. The number of rotatable bonds is 5. The number of nitrogens with zero attached hydrogens (tertiary/aromatic N) is 1. The molecule has 1 aliphatic heterocycles. The molecular formula is C23H32N2O3S. The van der Waals surface area contributed by atoms with E-state index in [1.807, 2.05) is 12.1 Å². The van der Waals surface area contributed by atoms with Gasteiger partial charge in [-0.3, -0.25) is 4.79 Å². The molecule has 1 aromatic rings. The Balaban J connectivity index is 1.32. The van der Waals surface area contributed by atoms with Crippen LogP contribution in [-0.4, -0.2) is 31.7 Å². The molecule has 0 aromatic heterocycles. The number of hydrogen-bond donors (Lipinski definition) is 1. The number of nitrogens with one attached hydrogen (secondary N) is 1. The number of hydrogen-bond acceptors (Lipinski definition) is 3. The second-order valence-electron chi connectivity index (χ2n) is 9.95. The van der Waals surface area contributed by atoms with E-state index in [1.165, 1.54) is 19.3 Å². The van der Waals surface area contributed by atoms with Crippen molar-refractivity contribution in [3.8, 4) is 0 Å². The highest BCUT2D eigenvalue weighted by molar-refractivity contribution is 7.89. The molecule has 5 nitrogen and oxygen atoms in total. The van der Waals surface area contributed by atoms with Gasteiger partial charge in [-0.25, -0.2) is 8.42 Å². The Bertz CT molecular complexity index is 854. The third kappa shape index (κ3) is 3.52. The minimum absolute atomic E-state index is 0.154. The summed E-state index contributed by atoms with van der Waals surface area (Å²) in [6.45, 7) is 1.48. The lowest BCUT2D eigenvalue weighted by Gasteiger charge is -2.55. The first-order valence-electron chi connectivity index (χ1n) is 11.3. The van der Waals surface area contributed by atoms with Crippen LogP contribution in [0.15, 0.2) is 29.2 Å². The Morgan fingerprint density at radius 3 is 2.17 bits per heavy atom. The third-order valence-corrected chi connectivity index (χ3v) is 9.86. The highest BCUT2D eigenvalue weighted by Gasteiger charge is 2.54. The van der Waals surface area contributed by atoms with Crippen molar-refractivity contribution in [1.82, 2.24) is 9.62 Å². The monoisotopic (exact) mass is 416 g/mol. The molecule has 1 saturated heterocycles. The van der Waals surface area contributed by atoms with Crippen LogP contribution < -0.4 is 5.32 Å². The van der Waals surface area contributed by atoms with Crippen molar-refractivity contribution in [3.05, 3.63) is 29.8 Å². The maximum Gasteiger partial charge on any atom is 0.243 e. The quantitative estimate of drug-likeness (QED) is 0.796. The van der Waals surface area contributed by atoms with Crippen molar-refractivity contribution in [2.24, 2.45) is 23.2 Å². The van der Waals surface area contributed by atoms with Gasteiger partial charge >= 0.3 is 0 Å². The van der Waals surface area contributed by atoms with Crippen LogP contribution in [0.4, 0.5) is 0 Å². The van der Waals surface area contributed by atoms with Crippen LogP contribution in [0.2, 0.25) is 0 Å². The lowest BCUT2D eigenvalue weighted by atomic mass is 9.49. The second-order valence-corrected chi connectivity index (χ2v) is 11.9. The van der Waals surface area contributed by atoms with E-state index in [1.54, 1.807) is 16.4 Å². The average Bonchev–Trinajstić information content (AvgIpc) is 2.72. The van der Waals surface area contributed by atoms with Crippen LogP contribution in [0, 0.1) is 23.2 Å². The molecule has 4 aliphatic carbocycles. The SMILES string of the molecule is O=C(NCc1ccccc1S(=O)(=O)N1CCCCC1)C12CC3CC(CC(C3)C1)C2. The van der Waals surface area contributed by atoms with E-state index in [9.17, 15) is 13.2 Å². The summed E-state index contributed by atoms with van der Waals surface area (Å²) >= 11 is 0. The summed E-state index contributed by atoms with van der Waals surface area (Å²) in [4.78, 5) is 13.6. The molecular weight excluding hydrogens is 384 g/mol. The molecule has 5 fully saturated rings. The molecule has 6 heteroatoms. The van der Waals surface area contributed by atoms with E-state index in [0.717, 1.165) is 56.3 Å². The van der Waals surface area contributed by atoms with Gasteiger partial charge < -0.3 is 5.32 Å². The normalized spacial score (nSPS) is 34.3. The maximum absolute atomic E-state index is 13.3. The van der Waals surface area contributed by atoms with Gasteiger partial charge in [0.25, 0.3) is 0 Å². The number of benzene rings is 1. The fraction of sp³-hybridized carbons (Fsp3) is 0.696. The zero-order chi connectivity index (χ0) is 20.1. The molecule has 0 atom stereocenters. The van der Waals surface area contributed by atoms with Gasteiger partial charge in [-0.05, 0) is 80.8 Å². The largest absolute Gasteiger partial charge is 0.351 e. The Morgan fingerprint density at radius 1 is 0.966 bits per heavy atom. The highest BCUT2D eigenvalue weighted by atomic mass is 32.2. The predicted octanol–water partition coefficient (Wildman–Crippen LogP) is 3.69. The van der Waals surface area contributed by atoms with Crippen LogP contribution in [0.1, 0.15) is 63.4 Å². The van der Waals surface area contributed by atoms with Crippen molar-refractivity contribution >= 4 is 15.9 Å². The van der Waals surface area contributed by atoms with Crippen LogP contribution in [0.5, 0.6) is 0 Å². The predicted molar refractivity (Wildman–Crippen MR) is 112 cm³/mol. The van der Waals surface area contributed by atoms with Crippen molar-refractivity contribution in [2.75, 3.05) is 13.1 Å². The van der Waals surface area contributed by atoms with Crippen molar-refractivity contribution in [1.29, 1.82) is 0 Å². The Labute approximate surface area is 174 Å².